The maximum Gasteiger partial charge on any atom is 0.271 e. The van der Waals surface area contributed by atoms with Crippen molar-refractivity contribution in [2.45, 2.75) is 12.8 Å². The lowest BCUT2D eigenvalue weighted by Crippen LogP contribution is -2.21. The van der Waals surface area contributed by atoms with E-state index in [9.17, 15) is 10.1 Å². The topological polar surface area (TPSA) is 72.2 Å². The molecule has 25 heavy (non-hydrogen) atoms. The summed E-state index contributed by atoms with van der Waals surface area (Å²) in [5.74, 6) is 1.31. The lowest BCUT2D eigenvalue weighted by atomic mass is 10.2. The van der Waals surface area contributed by atoms with E-state index in [1.54, 1.807) is 6.07 Å². The molecular weight excluding hydrogens is 340 g/mol. The van der Waals surface area contributed by atoms with Crippen LogP contribution < -0.4 is 4.90 Å². The third-order valence-corrected chi connectivity index (χ3v) is 4.47. The number of anilines is 2. The molecule has 7 heteroatoms. The van der Waals surface area contributed by atoms with Crippen LogP contribution in [0.3, 0.4) is 0 Å². The summed E-state index contributed by atoms with van der Waals surface area (Å²) < 4.78 is 0. The van der Waals surface area contributed by atoms with Crippen LogP contribution in [0.1, 0.15) is 12.8 Å². The van der Waals surface area contributed by atoms with E-state index in [4.69, 9.17) is 11.6 Å². The zero-order valence-electron chi connectivity index (χ0n) is 13.3. The van der Waals surface area contributed by atoms with Gasteiger partial charge in [0.2, 0.25) is 5.28 Å². The Balaban J connectivity index is 1.88. The van der Waals surface area contributed by atoms with E-state index in [1.807, 2.05) is 30.3 Å². The fourth-order valence-corrected chi connectivity index (χ4v) is 3.04. The van der Waals surface area contributed by atoms with E-state index in [0.717, 1.165) is 17.6 Å². The van der Waals surface area contributed by atoms with E-state index in [-0.39, 0.29) is 11.0 Å². The van der Waals surface area contributed by atoms with Gasteiger partial charge in [-0.15, -0.1) is 0 Å². The average molecular weight is 355 g/mol. The summed E-state index contributed by atoms with van der Waals surface area (Å²) in [5, 5.41) is 11.9. The molecule has 1 heterocycles. The highest BCUT2D eigenvalue weighted by Crippen LogP contribution is 2.37. The van der Waals surface area contributed by atoms with Gasteiger partial charge >= 0.3 is 0 Å². The van der Waals surface area contributed by atoms with Crippen molar-refractivity contribution in [1.29, 1.82) is 0 Å². The molecule has 1 fully saturated rings. The van der Waals surface area contributed by atoms with Crippen molar-refractivity contribution in [3.8, 4) is 0 Å². The summed E-state index contributed by atoms with van der Waals surface area (Å²) >= 11 is 6.12. The van der Waals surface area contributed by atoms with Crippen molar-refractivity contribution >= 4 is 39.7 Å². The molecule has 0 bridgehead atoms. The van der Waals surface area contributed by atoms with Gasteiger partial charge in [0.1, 0.15) is 5.82 Å². The smallest absolute Gasteiger partial charge is 0.271 e. The first-order valence-corrected chi connectivity index (χ1v) is 8.44. The van der Waals surface area contributed by atoms with Crippen LogP contribution in [0.5, 0.6) is 0 Å². The fourth-order valence-electron chi connectivity index (χ4n) is 2.87. The summed E-state index contributed by atoms with van der Waals surface area (Å²) in [4.78, 5) is 21.3. The molecule has 0 radical (unpaired) electrons. The van der Waals surface area contributed by atoms with E-state index in [0.29, 0.717) is 17.3 Å². The second-order valence-corrected chi connectivity index (χ2v) is 6.50. The van der Waals surface area contributed by atoms with E-state index >= 15 is 0 Å². The van der Waals surface area contributed by atoms with Crippen LogP contribution in [0.25, 0.3) is 10.9 Å². The third-order valence-electron chi connectivity index (χ3n) is 4.31. The normalized spacial score (nSPS) is 13.8. The van der Waals surface area contributed by atoms with Crippen LogP contribution in [0.15, 0.2) is 48.5 Å². The molecule has 1 saturated carbocycles. The summed E-state index contributed by atoms with van der Waals surface area (Å²) in [6.45, 7) is 0.837. The first-order valence-electron chi connectivity index (χ1n) is 8.06. The van der Waals surface area contributed by atoms with Crippen molar-refractivity contribution in [3.63, 3.8) is 0 Å². The minimum atomic E-state index is -0.436. The minimum Gasteiger partial charge on any atom is -0.325 e. The van der Waals surface area contributed by atoms with Gasteiger partial charge in [-0.05, 0) is 48.6 Å². The molecular formula is C18H15ClN4O2. The Kier molecular flexibility index (Phi) is 3.97. The van der Waals surface area contributed by atoms with Crippen LogP contribution in [-0.2, 0) is 0 Å². The molecule has 0 atom stereocenters. The van der Waals surface area contributed by atoms with Crippen LogP contribution in [0.2, 0.25) is 5.28 Å². The van der Waals surface area contributed by atoms with E-state index < -0.39 is 4.92 Å². The predicted octanol–water partition coefficient (Wildman–Crippen LogP) is 4.74. The Morgan fingerprint density at radius 3 is 2.60 bits per heavy atom. The van der Waals surface area contributed by atoms with E-state index in [1.165, 1.54) is 25.0 Å². The number of nitro groups is 1. The van der Waals surface area contributed by atoms with Crippen LogP contribution in [0.4, 0.5) is 17.2 Å². The Bertz CT molecular complexity index is 944. The maximum atomic E-state index is 11.0. The van der Waals surface area contributed by atoms with Gasteiger partial charge in [0.05, 0.1) is 10.4 Å². The van der Waals surface area contributed by atoms with Crippen molar-refractivity contribution in [1.82, 2.24) is 9.97 Å². The SMILES string of the molecule is O=[N+]([O-])c1ccc2c(N(CC3CC3)c3ccccc3)nc(Cl)nc2c1. The molecule has 0 spiro atoms. The molecule has 0 aliphatic heterocycles. The molecule has 6 nitrogen and oxygen atoms in total. The summed E-state index contributed by atoms with van der Waals surface area (Å²) in [6.07, 6.45) is 2.40. The standard InChI is InChI=1S/C18H15ClN4O2/c19-18-20-16-10-14(23(24)25)8-9-15(16)17(21-18)22(11-12-6-7-12)13-4-2-1-3-5-13/h1-5,8-10,12H,6-7,11H2. The number of nitrogens with zero attached hydrogens (tertiary/aromatic N) is 4. The number of halogens is 1. The van der Waals surface area contributed by atoms with Gasteiger partial charge in [-0.1, -0.05) is 18.2 Å². The first-order chi connectivity index (χ1) is 12.1. The molecule has 4 rings (SSSR count). The summed E-state index contributed by atoms with van der Waals surface area (Å²) in [6, 6.07) is 14.6. The number of hydrogen-bond donors (Lipinski definition) is 0. The van der Waals surface area contributed by atoms with Crippen molar-refractivity contribution in [3.05, 3.63) is 63.9 Å². The number of benzene rings is 2. The lowest BCUT2D eigenvalue weighted by molar-refractivity contribution is -0.384. The third kappa shape index (κ3) is 3.25. The molecule has 1 aliphatic carbocycles. The second kappa shape index (κ2) is 6.29. The molecule has 1 aromatic heterocycles. The highest BCUT2D eigenvalue weighted by molar-refractivity contribution is 6.28. The maximum absolute atomic E-state index is 11.0. The highest BCUT2D eigenvalue weighted by Gasteiger charge is 2.27. The van der Waals surface area contributed by atoms with Gasteiger partial charge < -0.3 is 4.90 Å². The van der Waals surface area contributed by atoms with E-state index in [2.05, 4.69) is 14.9 Å². The van der Waals surface area contributed by atoms with Gasteiger partial charge in [0.15, 0.2) is 0 Å². The zero-order valence-corrected chi connectivity index (χ0v) is 14.1. The number of hydrogen-bond acceptors (Lipinski definition) is 5. The highest BCUT2D eigenvalue weighted by atomic mass is 35.5. The summed E-state index contributed by atoms with van der Waals surface area (Å²) in [5.41, 5.74) is 1.48. The van der Waals surface area contributed by atoms with Gasteiger partial charge in [0.25, 0.3) is 5.69 Å². The number of fused-ring (bicyclic) bond motifs is 1. The van der Waals surface area contributed by atoms with Crippen molar-refractivity contribution in [2.24, 2.45) is 5.92 Å². The number of rotatable bonds is 5. The quantitative estimate of drug-likeness (QED) is 0.376. The molecule has 126 valence electrons. The lowest BCUT2D eigenvalue weighted by Gasteiger charge is -2.25. The molecule has 0 unspecified atom stereocenters. The zero-order chi connectivity index (χ0) is 17.4. The van der Waals surface area contributed by atoms with Crippen molar-refractivity contribution in [2.75, 3.05) is 11.4 Å². The fraction of sp³-hybridized carbons (Fsp3) is 0.222. The average Bonchev–Trinajstić information content (AvgIpc) is 3.43. The van der Waals surface area contributed by atoms with Gasteiger partial charge in [-0.3, -0.25) is 10.1 Å². The van der Waals surface area contributed by atoms with Crippen LogP contribution >= 0.6 is 11.6 Å². The number of non-ortho nitro benzene ring substituents is 1. The predicted molar refractivity (Wildman–Crippen MR) is 97.4 cm³/mol. The van der Waals surface area contributed by atoms with Gasteiger partial charge in [-0.25, -0.2) is 4.98 Å². The Hall–Kier alpha value is -2.73. The first kappa shape index (κ1) is 15.8. The Morgan fingerprint density at radius 1 is 1.16 bits per heavy atom. The van der Waals surface area contributed by atoms with Crippen LogP contribution in [0, 0.1) is 16.0 Å². The number of aromatic nitrogens is 2. The monoisotopic (exact) mass is 354 g/mol. The van der Waals surface area contributed by atoms with Crippen LogP contribution in [-0.4, -0.2) is 21.4 Å². The Morgan fingerprint density at radius 2 is 1.92 bits per heavy atom. The number of nitro benzene ring substituents is 1. The summed E-state index contributed by atoms with van der Waals surface area (Å²) in [7, 11) is 0. The molecule has 3 aromatic rings. The molecule has 0 N–H and O–H groups in total. The molecule has 0 saturated heterocycles. The molecule has 0 amide bonds. The Labute approximate surface area is 149 Å². The van der Waals surface area contributed by atoms with Crippen molar-refractivity contribution < 1.29 is 4.92 Å². The largest absolute Gasteiger partial charge is 0.325 e. The molecule has 1 aliphatic rings. The molecule has 2 aromatic carbocycles. The minimum absolute atomic E-state index is 0.0123. The van der Waals surface area contributed by atoms with Gasteiger partial charge in [-0.2, -0.15) is 4.98 Å². The second-order valence-electron chi connectivity index (χ2n) is 6.16. The van der Waals surface area contributed by atoms with Gasteiger partial charge in [0, 0.05) is 29.8 Å². The number of para-hydroxylation sites is 1.